The molecular formula is C16H22N4O2. The molecule has 3 N–H and O–H groups in total. The average Bonchev–Trinajstić information content (AvgIpc) is 3.03. The predicted molar refractivity (Wildman–Crippen MR) is 86.3 cm³/mol. The smallest absolute Gasteiger partial charge is 0.357 e. The number of anilines is 1. The van der Waals surface area contributed by atoms with Gasteiger partial charge in [0.1, 0.15) is 0 Å². The van der Waals surface area contributed by atoms with E-state index >= 15 is 0 Å². The number of carbonyl (C=O) groups is 1. The third-order valence-corrected chi connectivity index (χ3v) is 3.33. The van der Waals surface area contributed by atoms with Crippen LogP contribution in [0, 0.1) is 0 Å². The molecular weight excluding hydrogens is 280 g/mol. The molecule has 0 amide bonds. The van der Waals surface area contributed by atoms with Crippen LogP contribution in [0.2, 0.25) is 0 Å². The molecule has 2 aromatic rings. The molecule has 0 aliphatic heterocycles. The molecule has 1 aromatic carbocycles. The summed E-state index contributed by atoms with van der Waals surface area (Å²) in [4.78, 5) is 11.9. The molecule has 6 nitrogen and oxygen atoms in total. The summed E-state index contributed by atoms with van der Waals surface area (Å²) in [7, 11) is 0. The number of nitrogens with one attached hydrogen (secondary N) is 1. The lowest BCUT2D eigenvalue weighted by Crippen LogP contribution is -2.27. The fraction of sp³-hybridized carbons (Fsp3) is 0.375. The number of nitrogens with two attached hydrogens (primary N) is 1. The van der Waals surface area contributed by atoms with E-state index in [0.29, 0.717) is 12.3 Å². The van der Waals surface area contributed by atoms with E-state index in [1.54, 1.807) is 23.9 Å². The van der Waals surface area contributed by atoms with E-state index in [-0.39, 0.29) is 12.0 Å². The Bertz CT molecular complexity index is 607. The van der Waals surface area contributed by atoms with Gasteiger partial charge in [-0.15, -0.1) is 0 Å². The Morgan fingerprint density at radius 2 is 2.05 bits per heavy atom. The Morgan fingerprint density at radius 1 is 1.32 bits per heavy atom. The van der Waals surface area contributed by atoms with Crippen LogP contribution in [0.4, 0.5) is 5.69 Å². The fourth-order valence-electron chi connectivity index (χ4n) is 1.98. The number of carbonyl (C=O) groups excluding carboxylic acids is 1. The van der Waals surface area contributed by atoms with Crippen LogP contribution in [0.3, 0.4) is 0 Å². The number of aromatic nitrogens is 2. The first-order chi connectivity index (χ1) is 10.7. The monoisotopic (exact) mass is 302 g/mol. The number of rotatable bonds is 7. The topological polar surface area (TPSA) is 82.2 Å². The Morgan fingerprint density at radius 3 is 2.68 bits per heavy atom. The van der Waals surface area contributed by atoms with E-state index in [4.69, 9.17) is 10.5 Å². The average molecular weight is 302 g/mol. The van der Waals surface area contributed by atoms with Crippen LogP contribution in [-0.2, 0) is 4.74 Å². The molecule has 0 spiro atoms. The highest BCUT2D eigenvalue weighted by Crippen LogP contribution is 2.15. The van der Waals surface area contributed by atoms with E-state index in [0.717, 1.165) is 24.3 Å². The van der Waals surface area contributed by atoms with Crippen molar-refractivity contribution in [2.45, 2.75) is 26.3 Å². The third kappa shape index (κ3) is 3.85. The molecule has 0 aliphatic rings. The number of esters is 1. The molecule has 2 rings (SSSR count). The SMILES string of the molecule is CCOC(=O)c1ccnn1-c1ccc(NC[C@@H](N)CC)cc1. The van der Waals surface area contributed by atoms with Crippen LogP contribution in [0.25, 0.3) is 5.69 Å². The normalized spacial score (nSPS) is 12.0. The van der Waals surface area contributed by atoms with Gasteiger partial charge in [0.15, 0.2) is 5.69 Å². The van der Waals surface area contributed by atoms with E-state index < -0.39 is 0 Å². The molecule has 22 heavy (non-hydrogen) atoms. The van der Waals surface area contributed by atoms with Crippen molar-refractivity contribution in [2.24, 2.45) is 5.73 Å². The van der Waals surface area contributed by atoms with E-state index in [1.807, 2.05) is 24.3 Å². The first kappa shape index (κ1) is 16.0. The lowest BCUT2D eigenvalue weighted by atomic mass is 10.2. The van der Waals surface area contributed by atoms with Gasteiger partial charge in [0, 0.05) is 18.3 Å². The molecule has 0 saturated carbocycles. The minimum Gasteiger partial charge on any atom is -0.461 e. The first-order valence-corrected chi connectivity index (χ1v) is 7.46. The molecule has 118 valence electrons. The van der Waals surface area contributed by atoms with Crippen molar-refractivity contribution in [3.8, 4) is 5.69 Å². The standard InChI is InChI=1S/C16H22N4O2/c1-3-12(17)11-18-13-5-7-14(8-6-13)20-15(9-10-19-20)16(21)22-4-2/h5-10,12,18H,3-4,11,17H2,1-2H3/t12-/m0/s1. The highest BCUT2D eigenvalue weighted by Gasteiger charge is 2.14. The second-order valence-corrected chi connectivity index (χ2v) is 4.94. The zero-order chi connectivity index (χ0) is 15.9. The summed E-state index contributed by atoms with van der Waals surface area (Å²) >= 11 is 0. The Hall–Kier alpha value is -2.34. The van der Waals surface area contributed by atoms with Crippen molar-refractivity contribution in [1.29, 1.82) is 0 Å². The first-order valence-electron chi connectivity index (χ1n) is 7.46. The van der Waals surface area contributed by atoms with Gasteiger partial charge in [0.25, 0.3) is 0 Å². The number of benzene rings is 1. The molecule has 1 atom stereocenters. The summed E-state index contributed by atoms with van der Waals surface area (Å²) in [5.41, 5.74) is 8.08. The van der Waals surface area contributed by atoms with E-state index in [9.17, 15) is 4.79 Å². The van der Waals surface area contributed by atoms with Gasteiger partial charge in [-0.1, -0.05) is 6.92 Å². The van der Waals surface area contributed by atoms with Gasteiger partial charge in [0.2, 0.25) is 0 Å². The third-order valence-electron chi connectivity index (χ3n) is 3.33. The predicted octanol–water partition coefficient (Wildman–Crippen LogP) is 2.20. The number of hydrogen-bond acceptors (Lipinski definition) is 5. The summed E-state index contributed by atoms with van der Waals surface area (Å²) in [6, 6.07) is 9.46. The molecule has 0 saturated heterocycles. The van der Waals surface area contributed by atoms with Gasteiger partial charge in [-0.05, 0) is 43.7 Å². The summed E-state index contributed by atoms with van der Waals surface area (Å²) < 4.78 is 6.59. The Kier molecular flexibility index (Phi) is 5.55. The maximum absolute atomic E-state index is 11.9. The van der Waals surface area contributed by atoms with Crippen molar-refractivity contribution in [3.05, 3.63) is 42.2 Å². The Labute approximate surface area is 130 Å². The van der Waals surface area contributed by atoms with Gasteiger partial charge >= 0.3 is 5.97 Å². The number of ether oxygens (including phenoxy) is 1. The van der Waals surface area contributed by atoms with Gasteiger partial charge < -0.3 is 15.8 Å². The van der Waals surface area contributed by atoms with E-state index in [2.05, 4.69) is 17.3 Å². The van der Waals surface area contributed by atoms with Crippen molar-refractivity contribution < 1.29 is 9.53 Å². The van der Waals surface area contributed by atoms with Gasteiger partial charge in [-0.2, -0.15) is 5.10 Å². The minimum absolute atomic E-state index is 0.140. The molecule has 6 heteroatoms. The minimum atomic E-state index is -0.379. The van der Waals surface area contributed by atoms with Crippen LogP contribution in [0.5, 0.6) is 0 Å². The molecule has 1 aromatic heterocycles. The molecule has 0 fully saturated rings. The largest absolute Gasteiger partial charge is 0.461 e. The van der Waals surface area contributed by atoms with Crippen LogP contribution in [-0.4, -0.2) is 34.9 Å². The zero-order valence-corrected chi connectivity index (χ0v) is 13.0. The summed E-state index contributed by atoms with van der Waals surface area (Å²) in [6.45, 7) is 4.90. The fourth-order valence-corrected chi connectivity index (χ4v) is 1.98. The van der Waals surface area contributed by atoms with Crippen LogP contribution >= 0.6 is 0 Å². The lowest BCUT2D eigenvalue weighted by molar-refractivity contribution is 0.0516. The van der Waals surface area contributed by atoms with Gasteiger partial charge in [-0.25, -0.2) is 9.48 Å². The van der Waals surface area contributed by atoms with E-state index in [1.165, 1.54) is 0 Å². The maximum Gasteiger partial charge on any atom is 0.357 e. The quantitative estimate of drug-likeness (QED) is 0.766. The highest BCUT2D eigenvalue weighted by molar-refractivity contribution is 5.88. The summed E-state index contributed by atoms with van der Waals surface area (Å²) in [5.74, 6) is -0.379. The molecule has 0 bridgehead atoms. The summed E-state index contributed by atoms with van der Waals surface area (Å²) in [6.07, 6.45) is 2.51. The van der Waals surface area contributed by atoms with Crippen molar-refractivity contribution in [1.82, 2.24) is 9.78 Å². The summed E-state index contributed by atoms with van der Waals surface area (Å²) in [5, 5.41) is 7.46. The number of nitrogens with zero attached hydrogens (tertiary/aromatic N) is 2. The van der Waals surface area contributed by atoms with Crippen molar-refractivity contribution in [2.75, 3.05) is 18.5 Å². The highest BCUT2D eigenvalue weighted by atomic mass is 16.5. The second-order valence-electron chi connectivity index (χ2n) is 4.94. The van der Waals surface area contributed by atoms with Gasteiger partial charge in [0.05, 0.1) is 18.5 Å². The molecule has 0 unspecified atom stereocenters. The van der Waals surface area contributed by atoms with Crippen LogP contribution < -0.4 is 11.1 Å². The molecule has 0 radical (unpaired) electrons. The lowest BCUT2D eigenvalue weighted by Gasteiger charge is -2.12. The van der Waals surface area contributed by atoms with Crippen molar-refractivity contribution >= 4 is 11.7 Å². The molecule has 1 heterocycles. The van der Waals surface area contributed by atoms with Crippen molar-refractivity contribution in [3.63, 3.8) is 0 Å². The van der Waals surface area contributed by atoms with Gasteiger partial charge in [-0.3, -0.25) is 0 Å². The zero-order valence-electron chi connectivity index (χ0n) is 13.0. The Balaban J connectivity index is 2.11. The second kappa shape index (κ2) is 7.61. The van der Waals surface area contributed by atoms with Crippen LogP contribution in [0.1, 0.15) is 30.8 Å². The van der Waals surface area contributed by atoms with Crippen LogP contribution in [0.15, 0.2) is 36.5 Å². The molecule has 0 aliphatic carbocycles. The number of hydrogen-bond donors (Lipinski definition) is 2. The maximum atomic E-state index is 11.9.